The van der Waals surface area contributed by atoms with Crippen molar-refractivity contribution in [1.82, 2.24) is 4.98 Å². The number of carbonyl (C=O) groups is 1. The van der Waals surface area contributed by atoms with Crippen LogP contribution in [0.3, 0.4) is 0 Å². The standard InChI is InChI=1S/C20H16Cl2N2O2S/c1-26-15-6-2-13(3-7-15)5-9-19(25)24-20-23-12-16(27-20)10-14-4-8-17(21)18(22)11-14/h2-9,11-12H,10H2,1H3,(H,23,24,25)/b9-5-. The predicted molar refractivity (Wildman–Crippen MR) is 112 cm³/mol. The molecule has 27 heavy (non-hydrogen) atoms. The lowest BCUT2D eigenvalue weighted by molar-refractivity contribution is -0.111. The van der Waals surface area contributed by atoms with Crippen molar-refractivity contribution in [1.29, 1.82) is 0 Å². The number of carbonyl (C=O) groups excluding carboxylic acids is 1. The van der Waals surface area contributed by atoms with Crippen LogP contribution >= 0.6 is 34.5 Å². The van der Waals surface area contributed by atoms with Crippen LogP contribution in [-0.4, -0.2) is 18.0 Å². The Morgan fingerprint density at radius 2 is 1.96 bits per heavy atom. The molecule has 3 aromatic rings. The lowest BCUT2D eigenvalue weighted by Gasteiger charge is -2.01. The number of ether oxygens (including phenoxy) is 1. The Morgan fingerprint density at radius 3 is 2.67 bits per heavy atom. The molecule has 3 rings (SSSR count). The fourth-order valence-electron chi connectivity index (χ4n) is 2.33. The molecule has 1 N–H and O–H groups in total. The molecule has 7 heteroatoms. The zero-order valence-electron chi connectivity index (χ0n) is 14.4. The molecule has 0 spiro atoms. The number of aromatic nitrogens is 1. The summed E-state index contributed by atoms with van der Waals surface area (Å²) < 4.78 is 5.11. The third kappa shape index (κ3) is 5.57. The third-order valence-electron chi connectivity index (χ3n) is 3.69. The van der Waals surface area contributed by atoms with Crippen LogP contribution in [0.15, 0.2) is 54.7 Å². The highest BCUT2D eigenvalue weighted by Crippen LogP contribution is 2.26. The number of hydrogen-bond acceptors (Lipinski definition) is 4. The van der Waals surface area contributed by atoms with Gasteiger partial charge in [0.15, 0.2) is 5.13 Å². The zero-order chi connectivity index (χ0) is 19.2. The van der Waals surface area contributed by atoms with E-state index in [1.807, 2.05) is 36.4 Å². The predicted octanol–water partition coefficient (Wildman–Crippen LogP) is 5.70. The molecule has 0 radical (unpaired) electrons. The first kappa shape index (κ1) is 19.4. The van der Waals surface area contributed by atoms with Crippen LogP contribution in [0.1, 0.15) is 16.0 Å². The summed E-state index contributed by atoms with van der Waals surface area (Å²) in [6.45, 7) is 0. The molecule has 0 aliphatic carbocycles. The maximum absolute atomic E-state index is 12.1. The van der Waals surface area contributed by atoms with E-state index in [2.05, 4.69) is 10.3 Å². The lowest BCUT2D eigenvalue weighted by Crippen LogP contribution is -2.07. The molecule has 0 saturated heterocycles. The largest absolute Gasteiger partial charge is 0.497 e. The van der Waals surface area contributed by atoms with Crippen molar-refractivity contribution in [3.8, 4) is 5.75 Å². The van der Waals surface area contributed by atoms with Crippen LogP contribution in [0.2, 0.25) is 10.0 Å². The van der Waals surface area contributed by atoms with E-state index in [1.54, 1.807) is 25.4 Å². The highest BCUT2D eigenvalue weighted by atomic mass is 35.5. The second kappa shape index (κ2) is 9.04. The summed E-state index contributed by atoms with van der Waals surface area (Å²) in [5.41, 5.74) is 1.94. The van der Waals surface area contributed by atoms with Crippen molar-refractivity contribution < 1.29 is 9.53 Å². The molecule has 138 valence electrons. The Kier molecular flexibility index (Phi) is 6.50. The van der Waals surface area contributed by atoms with E-state index in [-0.39, 0.29) is 5.91 Å². The van der Waals surface area contributed by atoms with Crippen LogP contribution < -0.4 is 10.1 Å². The van der Waals surface area contributed by atoms with Crippen molar-refractivity contribution in [3.63, 3.8) is 0 Å². The topological polar surface area (TPSA) is 51.2 Å². The normalized spacial score (nSPS) is 10.9. The van der Waals surface area contributed by atoms with Gasteiger partial charge in [-0.15, -0.1) is 11.3 Å². The van der Waals surface area contributed by atoms with E-state index in [9.17, 15) is 4.79 Å². The van der Waals surface area contributed by atoms with E-state index >= 15 is 0 Å². The van der Waals surface area contributed by atoms with Gasteiger partial charge in [0.1, 0.15) is 5.75 Å². The quantitative estimate of drug-likeness (QED) is 0.522. The van der Waals surface area contributed by atoms with Crippen LogP contribution in [-0.2, 0) is 11.2 Å². The van der Waals surface area contributed by atoms with Gasteiger partial charge in [-0.05, 0) is 41.5 Å². The fourth-order valence-corrected chi connectivity index (χ4v) is 3.50. The Morgan fingerprint density at radius 1 is 1.19 bits per heavy atom. The molecule has 4 nitrogen and oxygen atoms in total. The van der Waals surface area contributed by atoms with Gasteiger partial charge < -0.3 is 4.74 Å². The minimum Gasteiger partial charge on any atom is -0.497 e. The molecule has 1 amide bonds. The molecular formula is C20H16Cl2N2O2S. The molecule has 1 aromatic heterocycles. The number of benzene rings is 2. The summed E-state index contributed by atoms with van der Waals surface area (Å²) >= 11 is 13.4. The van der Waals surface area contributed by atoms with E-state index in [0.29, 0.717) is 21.6 Å². The summed E-state index contributed by atoms with van der Waals surface area (Å²) in [6, 6.07) is 13.0. The molecule has 1 heterocycles. The SMILES string of the molecule is COc1ccc(/C=C\C(=O)Nc2ncc(Cc3ccc(Cl)c(Cl)c3)s2)cc1. The highest BCUT2D eigenvalue weighted by molar-refractivity contribution is 7.15. The monoisotopic (exact) mass is 418 g/mol. The molecular weight excluding hydrogens is 403 g/mol. The third-order valence-corrected chi connectivity index (χ3v) is 5.34. The van der Waals surface area contributed by atoms with Gasteiger partial charge in [0.05, 0.1) is 17.2 Å². The van der Waals surface area contributed by atoms with Crippen LogP contribution in [0.25, 0.3) is 6.08 Å². The van der Waals surface area contributed by atoms with Gasteiger partial charge >= 0.3 is 0 Å². The van der Waals surface area contributed by atoms with Crippen molar-refractivity contribution in [2.45, 2.75) is 6.42 Å². The van der Waals surface area contributed by atoms with Gasteiger partial charge in [-0.2, -0.15) is 0 Å². The summed E-state index contributed by atoms with van der Waals surface area (Å²) in [6.07, 6.45) is 5.63. The first-order chi connectivity index (χ1) is 13.0. The fraction of sp³-hybridized carbons (Fsp3) is 0.100. The Hall–Kier alpha value is -2.34. The summed E-state index contributed by atoms with van der Waals surface area (Å²) in [7, 11) is 1.61. The van der Waals surface area contributed by atoms with E-state index in [0.717, 1.165) is 21.8 Å². The number of nitrogens with zero attached hydrogens (tertiary/aromatic N) is 1. The number of methoxy groups -OCH3 is 1. The lowest BCUT2D eigenvalue weighted by atomic mass is 10.1. The average molecular weight is 419 g/mol. The number of rotatable bonds is 6. The number of nitrogens with one attached hydrogen (secondary N) is 1. The Labute approximate surface area is 171 Å². The minimum atomic E-state index is -0.235. The Balaban J connectivity index is 1.58. The van der Waals surface area contributed by atoms with Crippen LogP contribution in [0.4, 0.5) is 5.13 Å². The van der Waals surface area contributed by atoms with Crippen molar-refractivity contribution in [2.75, 3.05) is 12.4 Å². The number of halogens is 2. The smallest absolute Gasteiger partial charge is 0.250 e. The average Bonchev–Trinajstić information content (AvgIpc) is 3.10. The number of anilines is 1. The van der Waals surface area contributed by atoms with Crippen LogP contribution in [0, 0.1) is 0 Å². The molecule has 0 fully saturated rings. The van der Waals surface area contributed by atoms with E-state index in [4.69, 9.17) is 27.9 Å². The van der Waals surface area contributed by atoms with E-state index < -0.39 is 0 Å². The second-order valence-corrected chi connectivity index (χ2v) is 7.58. The van der Waals surface area contributed by atoms with Crippen molar-refractivity contribution >= 4 is 51.7 Å². The summed E-state index contributed by atoms with van der Waals surface area (Å²) in [4.78, 5) is 17.3. The Bertz CT molecular complexity index is 968. The van der Waals surface area contributed by atoms with Gasteiger partial charge in [0, 0.05) is 23.6 Å². The van der Waals surface area contributed by atoms with Gasteiger partial charge in [-0.1, -0.05) is 41.4 Å². The van der Waals surface area contributed by atoms with Gasteiger partial charge in [0.2, 0.25) is 5.91 Å². The van der Waals surface area contributed by atoms with Crippen molar-refractivity contribution in [3.05, 3.63) is 80.8 Å². The summed E-state index contributed by atoms with van der Waals surface area (Å²) in [5, 5.41) is 4.37. The number of hydrogen-bond donors (Lipinski definition) is 1. The van der Waals surface area contributed by atoms with Gasteiger partial charge in [-0.25, -0.2) is 4.98 Å². The van der Waals surface area contributed by atoms with Gasteiger partial charge in [-0.3, -0.25) is 10.1 Å². The number of amides is 1. The molecule has 0 unspecified atom stereocenters. The number of thiazole rings is 1. The second-order valence-electron chi connectivity index (χ2n) is 5.65. The molecule has 0 aliphatic heterocycles. The first-order valence-electron chi connectivity index (χ1n) is 8.05. The summed E-state index contributed by atoms with van der Waals surface area (Å²) in [5.74, 6) is 0.537. The molecule has 0 bridgehead atoms. The van der Waals surface area contributed by atoms with Crippen LogP contribution in [0.5, 0.6) is 5.75 Å². The minimum absolute atomic E-state index is 0.235. The molecule has 2 aromatic carbocycles. The zero-order valence-corrected chi connectivity index (χ0v) is 16.7. The van der Waals surface area contributed by atoms with Crippen molar-refractivity contribution in [2.24, 2.45) is 0 Å². The van der Waals surface area contributed by atoms with E-state index in [1.165, 1.54) is 17.4 Å². The maximum atomic E-state index is 12.1. The first-order valence-corrected chi connectivity index (χ1v) is 9.62. The maximum Gasteiger partial charge on any atom is 0.250 e. The molecule has 0 saturated carbocycles. The van der Waals surface area contributed by atoms with Gasteiger partial charge in [0.25, 0.3) is 0 Å². The molecule has 0 aliphatic rings. The highest BCUT2D eigenvalue weighted by Gasteiger charge is 2.07. The molecule has 0 atom stereocenters.